The minimum atomic E-state index is -4.33. The highest BCUT2D eigenvalue weighted by molar-refractivity contribution is 7.99. The molecule has 24 heavy (non-hydrogen) atoms. The van der Waals surface area contributed by atoms with Crippen LogP contribution in [-0.2, 0) is 21.5 Å². The molecule has 2 bridgehead atoms. The molecule has 0 aromatic heterocycles. The number of carbonyl (C=O) groups is 1. The van der Waals surface area contributed by atoms with Crippen LogP contribution >= 0.6 is 11.8 Å². The molecule has 1 aromatic rings. The lowest BCUT2D eigenvalue weighted by molar-refractivity contribution is -0.153. The molecule has 7 heteroatoms. The quantitative estimate of drug-likeness (QED) is 0.766. The van der Waals surface area contributed by atoms with Crippen molar-refractivity contribution in [1.82, 2.24) is 4.90 Å². The lowest BCUT2D eigenvalue weighted by atomic mass is 9.79. The first-order chi connectivity index (χ1) is 11.4. The molecular formula is C17H20F3NO2S. The van der Waals surface area contributed by atoms with Crippen LogP contribution in [0.1, 0.15) is 24.0 Å². The Hall–Kier alpha value is -1.21. The molecule has 4 rings (SSSR count). The van der Waals surface area contributed by atoms with E-state index in [-0.39, 0.29) is 17.3 Å². The Kier molecular flexibility index (Phi) is 5.11. The van der Waals surface area contributed by atoms with Gasteiger partial charge in [0.25, 0.3) is 0 Å². The highest BCUT2D eigenvalue weighted by Crippen LogP contribution is 2.43. The van der Waals surface area contributed by atoms with Gasteiger partial charge < -0.3 is 4.74 Å². The van der Waals surface area contributed by atoms with Gasteiger partial charge in [0.1, 0.15) is 0 Å². The molecule has 0 amide bonds. The normalized spacial score (nSPS) is 29.5. The Morgan fingerprint density at radius 2 is 2.04 bits per heavy atom. The van der Waals surface area contributed by atoms with E-state index in [1.165, 1.54) is 19.2 Å². The van der Waals surface area contributed by atoms with Gasteiger partial charge in [-0.05, 0) is 43.5 Å². The molecule has 0 N–H and O–H groups in total. The third kappa shape index (κ3) is 3.57. The van der Waals surface area contributed by atoms with E-state index in [2.05, 4.69) is 4.90 Å². The molecule has 0 radical (unpaired) electrons. The fraction of sp³-hybridized carbons (Fsp3) is 0.588. The molecule has 2 atom stereocenters. The van der Waals surface area contributed by atoms with Crippen LogP contribution in [0.2, 0.25) is 0 Å². The smallest absolute Gasteiger partial charge is 0.416 e. The number of methoxy groups -OCH3 is 1. The molecule has 3 aliphatic heterocycles. The van der Waals surface area contributed by atoms with Crippen LogP contribution in [0.3, 0.4) is 0 Å². The van der Waals surface area contributed by atoms with Crippen molar-refractivity contribution in [2.24, 2.45) is 11.8 Å². The summed E-state index contributed by atoms with van der Waals surface area (Å²) in [4.78, 5) is 14.4. The fourth-order valence-corrected chi connectivity index (χ4v) is 5.17. The maximum Gasteiger partial charge on any atom is 0.416 e. The number of esters is 1. The van der Waals surface area contributed by atoms with E-state index < -0.39 is 11.7 Å². The van der Waals surface area contributed by atoms with E-state index in [1.807, 2.05) is 0 Å². The van der Waals surface area contributed by atoms with Crippen molar-refractivity contribution in [2.45, 2.75) is 30.1 Å². The fourth-order valence-electron chi connectivity index (χ4n) is 3.67. The molecule has 1 aromatic carbocycles. The van der Waals surface area contributed by atoms with Gasteiger partial charge >= 0.3 is 12.1 Å². The lowest BCUT2D eigenvalue weighted by Crippen LogP contribution is -2.55. The minimum absolute atomic E-state index is 0.0144. The van der Waals surface area contributed by atoms with Crippen molar-refractivity contribution in [2.75, 3.05) is 20.2 Å². The standard InChI is InChI=1S/C17H20F3NO2S/c1-23-16(22)14-12-5-7-21(8-6-12)15(14)24-10-11-3-2-4-13(9-11)17(18,19)20/h2-4,9,12,14-15H,5-8,10H2,1H3/t14-,15+/m1/s1. The summed E-state index contributed by atoms with van der Waals surface area (Å²) in [5.41, 5.74) is -0.00308. The van der Waals surface area contributed by atoms with Crippen LogP contribution < -0.4 is 0 Å². The zero-order valence-electron chi connectivity index (χ0n) is 13.4. The first kappa shape index (κ1) is 17.6. The number of hydrogen-bond donors (Lipinski definition) is 0. The summed E-state index contributed by atoms with van der Waals surface area (Å²) in [6.07, 6.45) is -2.36. The Morgan fingerprint density at radius 1 is 1.33 bits per heavy atom. The number of piperidine rings is 3. The Bertz CT molecular complexity index is 600. The maximum atomic E-state index is 12.8. The van der Waals surface area contributed by atoms with Crippen LogP contribution in [0, 0.1) is 11.8 Å². The van der Waals surface area contributed by atoms with Gasteiger partial charge in [0.05, 0.1) is 24.0 Å². The number of rotatable bonds is 4. The van der Waals surface area contributed by atoms with Gasteiger partial charge in [-0.2, -0.15) is 13.2 Å². The van der Waals surface area contributed by atoms with Gasteiger partial charge in [0.15, 0.2) is 0 Å². The van der Waals surface area contributed by atoms with Crippen LogP contribution in [0.5, 0.6) is 0 Å². The molecule has 3 aliphatic rings. The van der Waals surface area contributed by atoms with Gasteiger partial charge in [-0.3, -0.25) is 9.69 Å². The third-order valence-corrected chi connectivity index (χ3v) is 6.33. The zero-order chi connectivity index (χ0) is 17.3. The van der Waals surface area contributed by atoms with Crippen molar-refractivity contribution >= 4 is 17.7 Å². The number of carbonyl (C=O) groups excluding carboxylic acids is 1. The van der Waals surface area contributed by atoms with Gasteiger partial charge in [-0.1, -0.05) is 18.2 Å². The molecule has 3 nitrogen and oxygen atoms in total. The Labute approximate surface area is 143 Å². The summed E-state index contributed by atoms with van der Waals surface area (Å²) in [6.45, 7) is 1.89. The molecule has 0 aliphatic carbocycles. The van der Waals surface area contributed by atoms with Crippen molar-refractivity contribution in [3.63, 3.8) is 0 Å². The maximum absolute atomic E-state index is 12.8. The van der Waals surface area contributed by atoms with Crippen molar-refractivity contribution in [3.8, 4) is 0 Å². The summed E-state index contributed by atoms with van der Waals surface area (Å²) >= 11 is 1.54. The molecule has 3 saturated heterocycles. The van der Waals surface area contributed by atoms with E-state index in [0.717, 1.165) is 32.0 Å². The number of thioether (sulfide) groups is 1. The first-order valence-corrected chi connectivity index (χ1v) is 9.04. The average Bonchev–Trinajstić information content (AvgIpc) is 2.59. The van der Waals surface area contributed by atoms with E-state index in [4.69, 9.17) is 4.74 Å². The number of ether oxygens (including phenoxy) is 1. The highest BCUT2D eigenvalue weighted by Gasteiger charge is 2.46. The van der Waals surface area contributed by atoms with Crippen molar-refractivity contribution in [3.05, 3.63) is 35.4 Å². The Morgan fingerprint density at radius 3 is 2.67 bits per heavy atom. The molecule has 0 spiro atoms. The van der Waals surface area contributed by atoms with Crippen molar-refractivity contribution in [1.29, 1.82) is 0 Å². The van der Waals surface area contributed by atoms with Crippen LogP contribution in [0.25, 0.3) is 0 Å². The Balaban J connectivity index is 1.72. The third-order valence-electron chi connectivity index (χ3n) is 4.90. The first-order valence-electron chi connectivity index (χ1n) is 8.00. The minimum Gasteiger partial charge on any atom is -0.469 e. The van der Waals surface area contributed by atoms with E-state index >= 15 is 0 Å². The monoisotopic (exact) mass is 359 g/mol. The number of alkyl halides is 3. The largest absolute Gasteiger partial charge is 0.469 e. The summed E-state index contributed by atoms with van der Waals surface area (Å²) < 4.78 is 43.4. The molecule has 3 heterocycles. The highest BCUT2D eigenvalue weighted by atomic mass is 32.2. The summed E-state index contributed by atoms with van der Waals surface area (Å²) in [5, 5.41) is -0.0144. The second-order valence-corrected chi connectivity index (χ2v) is 7.43. The molecule has 3 fully saturated rings. The van der Waals surface area contributed by atoms with Crippen LogP contribution in [0.15, 0.2) is 24.3 Å². The van der Waals surface area contributed by atoms with Gasteiger partial charge in [-0.15, -0.1) is 11.8 Å². The van der Waals surface area contributed by atoms with Gasteiger partial charge in [-0.25, -0.2) is 0 Å². The summed E-state index contributed by atoms with van der Waals surface area (Å²) in [5.74, 6) is 0.381. The summed E-state index contributed by atoms with van der Waals surface area (Å²) in [6, 6.07) is 5.41. The van der Waals surface area contributed by atoms with Crippen LogP contribution in [-0.4, -0.2) is 36.4 Å². The second-order valence-electron chi connectivity index (χ2n) is 6.32. The summed E-state index contributed by atoms with van der Waals surface area (Å²) in [7, 11) is 1.40. The second kappa shape index (κ2) is 6.96. The number of halogens is 3. The SMILES string of the molecule is COC(=O)[C@@H]1C2CCN(CC2)[C@H]1SCc1cccc(C(F)(F)F)c1. The van der Waals surface area contributed by atoms with E-state index in [1.54, 1.807) is 17.8 Å². The number of hydrogen-bond acceptors (Lipinski definition) is 4. The van der Waals surface area contributed by atoms with E-state index in [9.17, 15) is 18.0 Å². The van der Waals surface area contributed by atoms with Gasteiger partial charge in [0.2, 0.25) is 0 Å². The molecule has 0 saturated carbocycles. The molecular weight excluding hydrogens is 339 g/mol. The zero-order valence-corrected chi connectivity index (χ0v) is 14.2. The van der Waals surface area contributed by atoms with Crippen molar-refractivity contribution < 1.29 is 22.7 Å². The predicted molar refractivity (Wildman–Crippen MR) is 86.3 cm³/mol. The average molecular weight is 359 g/mol. The number of nitrogens with zero attached hydrogens (tertiary/aromatic N) is 1. The van der Waals surface area contributed by atoms with E-state index in [0.29, 0.717) is 17.2 Å². The van der Waals surface area contributed by atoms with Gasteiger partial charge in [0, 0.05) is 5.75 Å². The number of fused-ring (bicyclic) bond motifs is 3. The molecule has 0 unspecified atom stereocenters. The van der Waals surface area contributed by atoms with Crippen LogP contribution in [0.4, 0.5) is 13.2 Å². The topological polar surface area (TPSA) is 29.5 Å². The number of benzene rings is 1. The molecule has 132 valence electrons. The predicted octanol–water partition coefficient (Wildman–Crippen LogP) is 3.78. The lowest BCUT2D eigenvalue weighted by Gasteiger charge is -2.49.